The minimum Gasteiger partial charge on any atom is -0.365 e. The molecule has 1 unspecified atom stereocenters. The van der Waals surface area contributed by atoms with Crippen LogP contribution in [0.3, 0.4) is 0 Å². The molecule has 0 saturated carbocycles. The van der Waals surface area contributed by atoms with E-state index in [2.05, 4.69) is 19.2 Å². The molecule has 1 aliphatic heterocycles. The van der Waals surface area contributed by atoms with E-state index in [1.807, 2.05) is 6.92 Å². The number of nitrogens with one attached hydrogen (secondary N) is 1. The molecular weight excluding hydrogens is 262 g/mol. The van der Waals surface area contributed by atoms with Crippen molar-refractivity contribution < 1.29 is 8.42 Å². The van der Waals surface area contributed by atoms with Crippen LogP contribution in [0.15, 0.2) is 0 Å². The number of rotatable bonds is 3. The summed E-state index contributed by atoms with van der Waals surface area (Å²) in [4.78, 5) is 0. The van der Waals surface area contributed by atoms with Crippen molar-refractivity contribution in [2.24, 2.45) is 5.92 Å². The summed E-state index contributed by atoms with van der Waals surface area (Å²) < 4.78 is 23.5. The molecule has 1 N–H and O–H groups in total. The highest BCUT2D eigenvalue weighted by atomic mass is 32.2. The maximum Gasteiger partial charge on any atom is 0.152 e. The van der Waals surface area contributed by atoms with E-state index in [1.165, 1.54) is 0 Å². The monoisotopic (exact) mass is 281 g/mol. The summed E-state index contributed by atoms with van der Waals surface area (Å²) >= 11 is 6.81. The molecule has 16 heavy (non-hydrogen) atoms. The zero-order valence-electron chi connectivity index (χ0n) is 9.95. The number of thioether (sulfide) groups is 1. The normalized spacial score (nSPS) is 28.2. The topological polar surface area (TPSA) is 46.2 Å². The predicted molar refractivity (Wildman–Crippen MR) is 74.7 cm³/mol. The molecule has 1 atom stereocenters. The van der Waals surface area contributed by atoms with Crippen molar-refractivity contribution in [3.63, 3.8) is 0 Å². The highest BCUT2D eigenvalue weighted by Crippen LogP contribution is 2.24. The van der Waals surface area contributed by atoms with Crippen LogP contribution in [-0.2, 0) is 9.84 Å². The maximum absolute atomic E-state index is 11.4. The smallest absolute Gasteiger partial charge is 0.152 e. The van der Waals surface area contributed by atoms with Gasteiger partial charge < -0.3 is 5.32 Å². The fraction of sp³-hybridized carbons (Fsp3) is 0.900. The molecule has 0 aliphatic carbocycles. The number of sulfone groups is 1. The van der Waals surface area contributed by atoms with Gasteiger partial charge in [-0.2, -0.15) is 0 Å². The maximum atomic E-state index is 11.4. The molecule has 3 nitrogen and oxygen atoms in total. The first kappa shape index (κ1) is 14.3. The summed E-state index contributed by atoms with van der Waals surface area (Å²) in [5.41, 5.74) is -0.361. The van der Waals surface area contributed by atoms with Crippen LogP contribution >= 0.6 is 24.0 Å². The van der Waals surface area contributed by atoms with Gasteiger partial charge in [-0.15, -0.1) is 0 Å². The lowest BCUT2D eigenvalue weighted by Gasteiger charge is -2.25. The van der Waals surface area contributed by atoms with Gasteiger partial charge in [0.2, 0.25) is 0 Å². The SMILES string of the molecule is CC(C)CSC(=S)NC1(C)CCS(=O)(=O)C1. The van der Waals surface area contributed by atoms with E-state index in [0.717, 1.165) is 5.75 Å². The molecular formula is C10H19NO2S3. The first-order valence-corrected chi connectivity index (χ1v) is 8.59. The van der Waals surface area contributed by atoms with E-state index >= 15 is 0 Å². The fourth-order valence-corrected chi connectivity index (χ4v) is 4.98. The van der Waals surface area contributed by atoms with Crippen LogP contribution in [0.1, 0.15) is 27.2 Å². The minimum atomic E-state index is -2.86. The van der Waals surface area contributed by atoms with Gasteiger partial charge in [-0.05, 0) is 19.3 Å². The zero-order valence-corrected chi connectivity index (χ0v) is 12.4. The van der Waals surface area contributed by atoms with Crippen LogP contribution in [0.25, 0.3) is 0 Å². The molecule has 1 heterocycles. The predicted octanol–water partition coefficient (Wildman–Crippen LogP) is 1.83. The second-order valence-corrected chi connectivity index (χ2v) is 8.90. The third-order valence-corrected chi connectivity index (χ3v) is 6.01. The van der Waals surface area contributed by atoms with Gasteiger partial charge in [0.15, 0.2) is 9.84 Å². The lowest BCUT2D eigenvalue weighted by Crippen LogP contribution is -2.45. The molecule has 0 aromatic carbocycles. The average molecular weight is 281 g/mol. The molecule has 0 aromatic rings. The summed E-state index contributed by atoms with van der Waals surface area (Å²) in [6.45, 7) is 6.20. The molecule has 1 saturated heterocycles. The quantitative estimate of drug-likeness (QED) is 0.800. The highest BCUT2D eigenvalue weighted by molar-refractivity contribution is 8.22. The lowest BCUT2D eigenvalue weighted by molar-refractivity contribution is 0.477. The Balaban J connectivity index is 2.45. The first-order valence-electron chi connectivity index (χ1n) is 5.38. The van der Waals surface area contributed by atoms with E-state index in [0.29, 0.717) is 16.7 Å². The van der Waals surface area contributed by atoms with Crippen LogP contribution in [0.4, 0.5) is 0 Å². The molecule has 0 bridgehead atoms. The number of hydrogen-bond donors (Lipinski definition) is 1. The van der Waals surface area contributed by atoms with Crippen molar-refractivity contribution >= 4 is 38.1 Å². The molecule has 94 valence electrons. The van der Waals surface area contributed by atoms with Crippen LogP contribution in [0, 0.1) is 5.92 Å². The fourth-order valence-electron chi connectivity index (χ4n) is 1.63. The van der Waals surface area contributed by atoms with Gasteiger partial charge in [-0.3, -0.25) is 0 Å². The number of hydrogen-bond acceptors (Lipinski definition) is 4. The van der Waals surface area contributed by atoms with Gasteiger partial charge in [-0.25, -0.2) is 8.42 Å². The third-order valence-electron chi connectivity index (χ3n) is 2.45. The average Bonchev–Trinajstić information content (AvgIpc) is 2.37. The summed E-state index contributed by atoms with van der Waals surface area (Å²) in [5.74, 6) is 2.02. The van der Waals surface area contributed by atoms with E-state index in [-0.39, 0.29) is 17.0 Å². The molecule has 0 radical (unpaired) electrons. The number of thiocarbonyl (C=S) groups is 1. The summed E-state index contributed by atoms with van der Waals surface area (Å²) in [6.07, 6.45) is 0.651. The largest absolute Gasteiger partial charge is 0.365 e. The Hall–Kier alpha value is 0.190. The van der Waals surface area contributed by atoms with Gasteiger partial charge in [0.1, 0.15) is 4.32 Å². The Morgan fingerprint density at radius 1 is 1.56 bits per heavy atom. The second-order valence-electron chi connectivity index (χ2n) is 5.02. The van der Waals surface area contributed by atoms with Crippen LogP contribution < -0.4 is 5.32 Å². The molecule has 0 amide bonds. The van der Waals surface area contributed by atoms with Crippen molar-refractivity contribution in [1.82, 2.24) is 5.32 Å². The molecule has 6 heteroatoms. The van der Waals surface area contributed by atoms with Gasteiger partial charge >= 0.3 is 0 Å². The van der Waals surface area contributed by atoms with Crippen LogP contribution in [-0.4, -0.2) is 35.5 Å². The zero-order chi connectivity index (χ0) is 12.4. The summed E-state index contributed by atoms with van der Waals surface area (Å²) in [6, 6.07) is 0. The van der Waals surface area contributed by atoms with Crippen LogP contribution in [0.2, 0.25) is 0 Å². The van der Waals surface area contributed by atoms with Crippen molar-refractivity contribution in [3.8, 4) is 0 Å². The van der Waals surface area contributed by atoms with Gasteiger partial charge in [0.05, 0.1) is 17.0 Å². The molecule has 1 fully saturated rings. The molecule has 0 aromatic heterocycles. The van der Waals surface area contributed by atoms with Crippen LogP contribution in [0.5, 0.6) is 0 Å². The van der Waals surface area contributed by atoms with E-state index < -0.39 is 9.84 Å². The van der Waals surface area contributed by atoms with Crippen molar-refractivity contribution in [2.75, 3.05) is 17.3 Å². The second kappa shape index (κ2) is 5.23. The minimum absolute atomic E-state index is 0.197. The Morgan fingerprint density at radius 3 is 2.62 bits per heavy atom. The molecule has 0 spiro atoms. The van der Waals surface area contributed by atoms with Gasteiger partial charge in [0, 0.05) is 5.75 Å². The van der Waals surface area contributed by atoms with Crippen molar-refractivity contribution in [1.29, 1.82) is 0 Å². The Bertz CT molecular complexity index is 364. The standard InChI is InChI=1S/C10H19NO2S3/c1-8(2)6-15-9(14)11-10(3)4-5-16(12,13)7-10/h8H,4-7H2,1-3H3,(H,11,14). The lowest BCUT2D eigenvalue weighted by atomic mass is 10.0. The van der Waals surface area contributed by atoms with Gasteiger partial charge in [0.25, 0.3) is 0 Å². The summed E-state index contributed by atoms with van der Waals surface area (Å²) in [5, 5.41) is 3.18. The third kappa shape index (κ3) is 4.59. The van der Waals surface area contributed by atoms with E-state index in [1.54, 1.807) is 11.8 Å². The van der Waals surface area contributed by atoms with E-state index in [9.17, 15) is 8.42 Å². The summed E-state index contributed by atoms with van der Waals surface area (Å²) in [7, 11) is -2.86. The Kier molecular flexibility index (Phi) is 4.66. The first-order chi connectivity index (χ1) is 7.22. The van der Waals surface area contributed by atoms with Gasteiger partial charge in [-0.1, -0.05) is 37.8 Å². The van der Waals surface area contributed by atoms with Crippen molar-refractivity contribution in [3.05, 3.63) is 0 Å². The Labute approximate surface area is 108 Å². The van der Waals surface area contributed by atoms with E-state index in [4.69, 9.17) is 12.2 Å². The van der Waals surface area contributed by atoms with Crippen molar-refractivity contribution in [2.45, 2.75) is 32.7 Å². The molecule has 1 aliphatic rings. The Morgan fingerprint density at radius 2 is 2.19 bits per heavy atom. The highest BCUT2D eigenvalue weighted by Gasteiger charge is 2.38. The molecule has 1 rings (SSSR count).